The molecule has 0 aliphatic rings. The zero-order valence-electron chi connectivity index (χ0n) is 9.74. The van der Waals surface area contributed by atoms with Gasteiger partial charge in [-0.15, -0.1) is 0 Å². The molecule has 2 aromatic rings. The van der Waals surface area contributed by atoms with Crippen molar-refractivity contribution in [3.05, 3.63) is 40.3 Å². The minimum absolute atomic E-state index is 0.707. The fraction of sp³-hybridized carbons (Fsp3) is 0.231. The summed E-state index contributed by atoms with van der Waals surface area (Å²) in [4.78, 5) is 4.02. The van der Waals surface area contributed by atoms with Crippen molar-refractivity contribution in [1.82, 2.24) is 9.55 Å². The van der Waals surface area contributed by atoms with Crippen molar-refractivity contribution < 1.29 is 0 Å². The molecule has 0 saturated carbocycles. The quantitative estimate of drug-likeness (QED) is 0.849. The second-order valence-corrected chi connectivity index (χ2v) is 4.51. The molecule has 0 N–H and O–H groups in total. The molecule has 2 heterocycles. The van der Waals surface area contributed by atoms with E-state index in [1.54, 1.807) is 12.4 Å². The van der Waals surface area contributed by atoms with Crippen LogP contribution in [0.2, 0.25) is 0 Å². The van der Waals surface area contributed by atoms with E-state index in [-0.39, 0.29) is 0 Å². The average molecular weight is 290 g/mol. The van der Waals surface area contributed by atoms with Gasteiger partial charge in [-0.2, -0.15) is 5.26 Å². The van der Waals surface area contributed by atoms with E-state index in [9.17, 15) is 5.26 Å². The van der Waals surface area contributed by atoms with E-state index in [1.165, 1.54) is 0 Å². The molecule has 2 rings (SSSR count). The summed E-state index contributed by atoms with van der Waals surface area (Å²) in [5, 5.41) is 9.17. The van der Waals surface area contributed by atoms with E-state index in [0.717, 1.165) is 28.0 Å². The molecule has 0 saturated heterocycles. The highest BCUT2D eigenvalue weighted by Gasteiger charge is 2.18. The first kappa shape index (κ1) is 11.9. The molecule has 0 aliphatic carbocycles. The fourth-order valence-corrected chi connectivity index (χ4v) is 2.83. The molecular formula is C13H12BrN3. The Morgan fingerprint density at radius 1 is 1.41 bits per heavy atom. The molecule has 0 aliphatic heterocycles. The van der Waals surface area contributed by atoms with Gasteiger partial charge in [0.05, 0.1) is 15.7 Å². The van der Waals surface area contributed by atoms with Crippen LogP contribution in [-0.2, 0) is 6.54 Å². The van der Waals surface area contributed by atoms with Crippen LogP contribution in [0.5, 0.6) is 0 Å². The number of hydrogen-bond acceptors (Lipinski definition) is 2. The lowest BCUT2D eigenvalue weighted by molar-refractivity contribution is 0.749. The summed E-state index contributed by atoms with van der Waals surface area (Å²) in [5.41, 5.74) is 3.81. The molecule has 2 aromatic heterocycles. The summed E-state index contributed by atoms with van der Waals surface area (Å²) in [5.74, 6) is 0. The van der Waals surface area contributed by atoms with Crippen LogP contribution in [0.25, 0.3) is 11.3 Å². The summed E-state index contributed by atoms with van der Waals surface area (Å²) >= 11 is 3.53. The average Bonchev–Trinajstić information content (AvgIpc) is 2.61. The van der Waals surface area contributed by atoms with Crippen molar-refractivity contribution >= 4 is 15.9 Å². The monoisotopic (exact) mass is 289 g/mol. The van der Waals surface area contributed by atoms with Gasteiger partial charge in [-0.25, -0.2) is 0 Å². The first-order valence-electron chi connectivity index (χ1n) is 5.39. The Bertz CT molecular complexity index is 579. The molecule has 3 nitrogen and oxygen atoms in total. The maximum atomic E-state index is 9.17. The number of halogens is 1. The third-order valence-corrected chi connectivity index (χ3v) is 3.62. The van der Waals surface area contributed by atoms with E-state index >= 15 is 0 Å². The molecule has 0 radical (unpaired) electrons. The number of hydrogen-bond donors (Lipinski definition) is 0. The van der Waals surface area contributed by atoms with Gasteiger partial charge >= 0.3 is 0 Å². The van der Waals surface area contributed by atoms with Gasteiger partial charge in [0, 0.05) is 30.2 Å². The zero-order valence-corrected chi connectivity index (χ0v) is 11.3. The van der Waals surface area contributed by atoms with E-state index in [1.807, 2.05) is 19.1 Å². The van der Waals surface area contributed by atoms with Crippen molar-refractivity contribution in [3.63, 3.8) is 0 Å². The second kappa shape index (κ2) is 4.72. The Kier molecular flexibility index (Phi) is 3.30. The summed E-state index contributed by atoms with van der Waals surface area (Å²) < 4.78 is 3.00. The van der Waals surface area contributed by atoms with Crippen molar-refractivity contribution in [2.75, 3.05) is 0 Å². The van der Waals surface area contributed by atoms with Gasteiger partial charge in [0.1, 0.15) is 6.07 Å². The molecule has 0 aromatic carbocycles. The Labute approximate surface area is 109 Å². The molecule has 0 spiro atoms. The Morgan fingerprint density at radius 3 is 2.59 bits per heavy atom. The van der Waals surface area contributed by atoms with Crippen molar-refractivity contribution in [1.29, 1.82) is 5.26 Å². The molecule has 0 bridgehead atoms. The number of nitriles is 1. The van der Waals surface area contributed by atoms with Gasteiger partial charge in [-0.05, 0) is 41.9 Å². The van der Waals surface area contributed by atoms with E-state index in [2.05, 4.69) is 38.5 Å². The van der Waals surface area contributed by atoms with Crippen LogP contribution in [0.1, 0.15) is 18.2 Å². The van der Waals surface area contributed by atoms with Crippen molar-refractivity contribution in [2.45, 2.75) is 20.4 Å². The van der Waals surface area contributed by atoms with Crippen molar-refractivity contribution in [3.8, 4) is 17.3 Å². The minimum Gasteiger partial charge on any atom is -0.343 e. The standard InChI is InChI=1S/C13H12BrN3/c1-3-17-9(2)11(8-15)12(14)13(17)10-4-6-16-7-5-10/h4-7H,3H2,1-2H3. The van der Waals surface area contributed by atoms with Crippen LogP contribution in [0.15, 0.2) is 29.0 Å². The minimum atomic E-state index is 0.707. The van der Waals surface area contributed by atoms with Crippen LogP contribution in [-0.4, -0.2) is 9.55 Å². The van der Waals surface area contributed by atoms with Crippen LogP contribution in [0.3, 0.4) is 0 Å². The van der Waals surface area contributed by atoms with Gasteiger partial charge in [0.15, 0.2) is 0 Å². The maximum Gasteiger partial charge on any atom is 0.102 e. The topological polar surface area (TPSA) is 41.6 Å². The molecule has 4 heteroatoms. The highest BCUT2D eigenvalue weighted by Crippen LogP contribution is 2.35. The largest absolute Gasteiger partial charge is 0.343 e. The third kappa shape index (κ3) is 1.87. The number of nitrogens with zero attached hydrogens (tertiary/aromatic N) is 3. The molecule has 86 valence electrons. The summed E-state index contributed by atoms with van der Waals surface area (Å²) in [6, 6.07) is 6.15. The molecule has 0 unspecified atom stereocenters. The maximum absolute atomic E-state index is 9.17. The lowest BCUT2D eigenvalue weighted by Crippen LogP contribution is -1.99. The van der Waals surface area contributed by atoms with Crippen LogP contribution < -0.4 is 0 Å². The summed E-state index contributed by atoms with van der Waals surface area (Å²) in [6.07, 6.45) is 3.52. The predicted molar refractivity (Wildman–Crippen MR) is 70.5 cm³/mol. The smallest absolute Gasteiger partial charge is 0.102 e. The van der Waals surface area contributed by atoms with Crippen LogP contribution in [0, 0.1) is 18.3 Å². The van der Waals surface area contributed by atoms with E-state index in [0.29, 0.717) is 5.56 Å². The number of pyridine rings is 1. The first-order valence-corrected chi connectivity index (χ1v) is 6.19. The Hall–Kier alpha value is -1.60. The number of rotatable bonds is 2. The lowest BCUT2D eigenvalue weighted by Gasteiger charge is -2.08. The Morgan fingerprint density at radius 2 is 2.06 bits per heavy atom. The lowest BCUT2D eigenvalue weighted by atomic mass is 10.2. The SMILES string of the molecule is CCn1c(C)c(C#N)c(Br)c1-c1ccncc1. The number of aromatic nitrogens is 2. The summed E-state index contributed by atoms with van der Waals surface area (Å²) in [6.45, 7) is 4.88. The molecule has 17 heavy (non-hydrogen) atoms. The first-order chi connectivity index (χ1) is 8.20. The van der Waals surface area contributed by atoms with Gasteiger partial charge < -0.3 is 4.57 Å². The van der Waals surface area contributed by atoms with Crippen molar-refractivity contribution in [2.24, 2.45) is 0 Å². The highest BCUT2D eigenvalue weighted by molar-refractivity contribution is 9.10. The van der Waals surface area contributed by atoms with Gasteiger partial charge in [0.2, 0.25) is 0 Å². The predicted octanol–water partition coefficient (Wildman–Crippen LogP) is 3.51. The second-order valence-electron chi connectivity index (χ2n) is 3.71. The third-order valence-electron chi connectivity index (χ3n) is 2.85. The normalized spacial score (nSPS) is 10.2. The molecule has 0 fully saturated rings. The van der Waals surface area contributed by atoms with Crippen LogP contribution in [0.4, 0.5) is 0 Å². The zero-order chi connectivity index (χ0) is 12.4. The van der Waals surface area contributed by atoms with Gasteiger partial charge in [0.25, 0.3) is 0 Å². The fourth-order valence-electron chi connectivity index (χ4n) is 2.02. The summed E-state index contributed by atoms with van der Waals surface area (Å²) in [7, 11) is 0. The molecular weight excluding hydrogens is 278 g/mol. The molecule has 0 amide bonds. The van der Waals surface area contributed by atoms with Crippen LogP contribution >= 0.6 is 15.9 Å². The van der Waals surface area contributed by atoms with Gasteiger partial charge in [-0.3, -0.25) is 4.98 Å². The molecule has 0 atom stereocenters. The highest BCUT2D eigenvalue weighted by atomic mass is 79.9. The van der Waals surface area contributed by atoms with E-state index < -0.39 is 0 Å². The Balaban J connectivity index is 2.75. The van der Waals surface area contributed by atoms with E-state index in [4.69, 9.17) is 0 Å². The van der Waals surface area contributed by atoms with Gasteiger partial charge in [-0.1, -0.05) is 0 Å².